The van der Waals surface area contributed by atoms with Crippen LogP contribution < -0.4 is 5.32 Å². The molecule has 2 unspecified atom stereocenters. The van der Waals surface area contributed by atoms with E-state index in [0.29, 0.717) is 6.61 Å². The zero-order chi connectivity index (χ0) is 13.8. The van der Waals surface area contributed by atoms with E-state index in [0.717, 1.165) is 12.8 Å². The van der Waals surface area contributed by atoms with Gasteiger partial charge in [-0.3, -0.25) is 0 Å². The Hall–Kier alpha value is -0.200. The highest BCUT2D eigenvalue weighted by atomic mass is 16.5. The summed E-state index contributed by atoms with van der Waals surface area (Å²) in [5.41, 5.74) is 0. The normalized spacial score (nSPS) is 41.1. The van der Waals surface area contributed by atoms with Gasteiger partial charge in [-0.15, -0.1) is 0 Å². The third-order valence-electron chi connectivity index (χ3n) is 4.23. The molecule has 0 aromatic carbocycles. The molecular formula is C14H27NO4. The third kappa shape index (κ3) is 3.67. The minimum Gasteiger partial charge on any atom is -0.389 e. The van der Waals surface area contributed by atoms with E-state index in [1.165, 1.54) is 25.7 Å². The maximum Gasteiger partial charge on any atom is 0.110 e. The van der Waals surface area contributed by atoms with E-state index in [1.807, 2.05) is 0 Å². The Kier molecular flexibility index (Phi) is 5.59. The molecule has 6 atom stereocenters. The summed E-state index contributed by atoms with van der Waals surface area (Å²) in [6.07, 6.45) is 3.82. The van der Waals surface area contributed by atoms with Gasteiger partial charge in [0.2, 0.25) is 0 Å². The SMILES string of the molecule is CCCCCCCCO[C@H]1C2NC2[C@H](O)[C@@H](O)[C@@H]1O. The Morgan fingerprint density at radius 1 is 0.842 bits per heavy atom. The van der Waals surface area contributed by atoms with Gasteiger partial charge in [0.1, 0.15) is 18.3 Å². The first-order valence-corrected chi connectivity index (χ1v) is 7.58. The van der Waals surface area contributed by atoms with Crippen molar-refractivity contribution in [3.05, 3.63) is 0 Å². The highest BCUT2D eigenvalue weighted by Crippen LogP contribution is 2.32. The van der Waals surface area contributed by atoms with Gasteiger partial charge in [0.05, 0.1) is 18.2 Å². The lowest BCUT2D eigenvalue weighted by atomic mass is 9.89. The van der Waals surface area contributed by atoms with Crippen LogP contribution in [0.3, 0.4) is 0 Å². The van der Waals surface area contributed by atoms with Crippen LogP contribution in [0.5, 0.6) is 0 Å². The van der Waals surface area contributed by atoms with Crippen molar-refractivity contribution in [2.24, 2.45) is 0 Å². The van der Waals surface area contributed by atoms with Gasteiger partial charge in [-0.25, -0.2) is 0 Å². The second-order valence-corrected chi connectivity index (χ2v) is 5.79. The molecule has 19 heavy (non-hydrogen) atoms. The molecule has 2 rings (SSSR count). The van der Waals surface area contributed by atoms with E-state index in [1.54, 1.807) is 0 Å². The summed E-state index contributed by atoms with van der Waals surface area (Å²) < 4.78 is 5.69. The number of hydrogen-bond acceptors (Lipinski definition) is 5. The third-order valence-corrected chi connectivity index (χ3v) is 4.23. The Balaban J connectivity index is 1.61. The van der Waals surface area contributed by atoms with E-state index in [9.17, 15) is 15.3 Å². The fraction of sp³-hybridized carbons (Fsp3) is 1.00. The van der Waals surface area contributed by atoms with E-state index in [-0.39, 0.29) is 18.2 Å². The number of hydrogen-bond donors (Lipinski definition) is 4. The number of aliphatic hydroxyl groups excluding tert-OH is 3. The molecular weight excluding hydrogens is 246 g/mol. The molecule has 4 N–H and O–H groups in total. The number of ether oxygens (including phenoxy) is 1. The van der Waals surface area contributed by atoms with Crippen LogP contribution in [0.15, 0.2) is 0 Å². The van der Waals surface area contributed by atoms with Crippen LogP contribution in [-0.4, -0.2) is 58.4 Å². The van der Waals surface area contributed by atoms with Crippen LogP contribution in [-0.2, 0) is 4.74 Å². The van der Waals surface area contributed by atoms with Crippen molar-refractivity contribution in [2.45, 2.75) is 81.9 Å². The van der Waals surface area contributed by atoms with Crippen molar-refractivity contribution in [1.82, 2.24) is 5.32 Å². The number of fused-ring (bicyclic) bond motifs is 1. The molecule has 1 aliphatic heterocycles. The number of unbranched alkanes of at least 4 members (excludes halogenated alkanes) is 5. The molecule has 0 bridgehead atoms. The van der Waals surface area contributed by atoms with Crippen LogP contribution in [0, 0.1) is 0 Å². The van der Waals surface area contributed by atoms with E-state index in [4.69, 9.17) is 4.74 Å². The van der Waals surface area contributed by atoms with Gasteiger partial charge in [-0.05, 0) is 6.42 Å². The maximum absolute atomic E-state index is 9.90. The molecule has 1 saturated carbocycles. The van der Waals surface area contributed by atoms with Gasteiger partial charge in [0.25, 0.3) is 0 Å². The van der Waals surface area contributed by atoms with Gasteiger partial charge in [-0.1, -0.05) is 39.0 Å². The Bertz CT molecular complexity index is 276. The minimum atomic E-state index is -1.11. The molecule has 5 heteroatoms. The lowest BCUT2D eigenvalue weighted by Crippen LogP contribution is -2.54. The zero-order valence-electron chi connectivity index (χ0n) is 11.7. The van der Waals surface area contributed by atoms with Crippen LogP contribution in [0.1, 0.15) is 45.4 Å². The first-order valence-electron chi connectivity index (χ1n) is 7.58. The Morgan fingerprint density at radius 2 is 1.53 bits per heavy atom. The molecule has 2 fully saturated rings. The molecule has 0 amide bonds. The van der Waals surface area contributed by atoms with Crippen LogP contribution >= 0.6 is 0 Å². The summed E-state index contributed by atoms with van der Waals surface area (Å²) >= 11 is 0. The lowest BCUT2D eigenvalue weighted by molar-refractivity contribution is -0.140. The molecule has 0 aromatic rings. The van der Waals surface area contributed by atoms with Crippen LogP contribution in [0.25, 0.3) is 0 Å². The molecule has 0 aromatic heterocycles. The Morgan fingerprint density at radius 3 is 2.26 bits per heavy atom. The summed E-state index contributed by atoms with van der Waals surface area (Å²) in [5, 5.41) is 32.3. The Labute approximate surface area is 115 Å². The molecule has 1 saturated heterocycles. The van der Waals surface area contributed by atoms with E-state index < -0.39 is 18.3 Å². The van der Waals surface area contributed by atoms with Crippen LogP contribution in [0.4, 0.5) is 0 Å². The van der Waals surface area contributed by atoms with E-state index in [2.05, 4.69) is 12.2 Å². The summed E-state index contributed by atoms with van der Waals surface area (Å²) in [4.78, 5) is 0. The number of rotatable bonds is 8. The maximum atomic E-state index is 9.90. The highest BCUT2D eigenvalue weighted by molar-refractivity contribution is 5.16. The highest BCUT2D eigenvalue weighted by Gasteiger charge is 2.58. The monoisotopic (exact) mass is 273 g/mol. The minimum absolute atomic E-state index is 0.00603. The van der Waals surface area contributed by atoms with Crippen molar-refractivity contribution in [3.63, 3.8) is 0 Å². The quantitative estimate of drug-likeness (QED) is 0.374. The second-order valence-electron chi connectivity index (χ2n) is 5.79. The number of nitrogens with one attached hydrogen (secondary N) is 1. The molecule has 1 heterocycles. The average Bonchev–Trinajstić information content (AvgIpc) is 3.19. The zero-order valence-corrected chi connectivity index (χ0v) is 11.7. The summed E-state index contributed by atoms with van der Waals surface area (Å²) in [5.74, 6) is 0. The van der Waals surface area contributed by atoms with Gasteiger partial charge in [0.15, 0.2) is 0 Å². The van der Waals surface area contributed by atoms with Gasteiger partial charge < -0.3 is 25.4 Å². The van der Waals surface area contributed by atoms with Crippen molar-refractivity contribution in [1.29, 1.82) is 0 Å². The molecule has 5 nitrogen and oxygen atoms in total. The standard InChI is InChI=1S/C14H27NO4/c1-2-3-4-5-6-7-8-19-14-10-9(15-10)11(16)12(17)13(14)18/h9-18H,2-8H2,1H3/t9?,10?,11-,12+,13-,14-/m0/s1. The largest absolute Gasteiger partial charge is 0.389 e. The summed E-state index contributed by atoms with van der Waals surface area (Å²) in [6, 6.07) is -0.124. The van der Waals surface area contributed by atoms with Gasteiger partial charge in [0, 0.05) is 6.61 Å². The van der Waals surface area contributed by atoms with Gasteiger partial charge >= 0.3 is 0 Å². The van der Waals surface area contributed by atoms with Crippen molar-refractivity contribution in [2.75, 3.05) is 6.61 Å². The topological polar surface area (TPSA) is 91.9 Å². The van der Waals surface area contributed by atoms with Crippen molar-refractivity contribution in [3.8, 4) is 0 Å². The molecule has 1 aliphatic carbocycles. The fourth-order valence-corrected chi connectivity index (χ4v) is 2.90. The summed E-state index contributed by atoms with van der Waals surface area (Å²) in [7, 11) is 0. The molecule has 0 radical (unpaired) electrons. The molecule has 112 valence electrons. The van der Waals surface area contributed by atoms with Crippen molar-refractivity contribution >= 4 is 0 Å². The molecule has 0 spiro atoms. The summed E-state index contributed by atoms with van der Waals surface area (Å²) in [6.45, 7) is 2.81. The smallest absolute Gasteiger partial charge is 0.110 e. The second kappa shape index (κ2) is 6.99. The van der Waals surface area contributed by atoms with Gasteiger partial charge in [-0.2, -0.15) is 0 Å². The first kappa shape index (κ1) is 15.2. The number of aliphatic hydroxyl groups is 3. The first-order chi connectivity index (χ1) is 9.16. The lowest BCUT2D eigenvalue weighted by Gasteiger charge is -2.33. The fourth-order valence-electron chi connectivity index (χ4n) is 2.90. The van der Waals surface area contributed by atoms with Crippen LogP contribution in [0.2, 0.25) is 0 Å². The van der Waals surface area contributed by atoms with E-state index >= 15 is 0 Å². The predicted octanol–water partition coefficient (Wildman–Crippen LogP) is 0.169. The van der Waals surface area contributed by atoms with Crippen molar-refractivity contribution < 1.29 is 20.1 Å². The average molecular weight is 273 g/mol. The molecule has 2 aliphatic rings. The predicted molar refractivity (Wildman–Crippen MR) is 71.8 cm³/mol.